The van der Waals surface area contributed by atoms with Crippen molar-refractivity contribution in [3.8, 4) is 11.5 Å². The number of rotatable bonds is 19. The van der Waals surface area contributed by atoms with Gasteiger partial charge < -0.3 is 29.0 Å². The number of carbonyl (C=O) groups is 2. The Morgan fingerprint density at radius 2 is 1.39 bits per heavy atom. The standard InChI is InChI=1S/C37H47ClFN7O11P2/c1-21(2)53-33(47)23(5)44-58(49,56-25-14-10-8-11-15-25)51-18-27-36(7)37(27,29(39)32(55-36)46-20-41-28-30(40)42-35(38)43-31(28)46)19-52-59(50,57-26-16-12-9-13-17-26)45-24(6)34(48)54-22(3)4/h8-17,20-24,27,29,32H,18-19H2,1-7H3,(H,44,49)(H,45,50)(H2,40,42,43)/t23-,24-,27-,29?,32-,36?,37?,58?,59?/m0/s1. The van der Waals surface area contributed by atoms with E-state index < -0.39 is 94.3 Å². The molecule has 1 saturated heterocycles. The van der Waals surface area contributed by atoms with Gasteiger partial charge in [-0.1, -0.05) is 36.4 Å². The quantitative estimate of drug-likeness (QED) is 0.0514. The minimum atomic E-state index is -4.55. The van der Waals surface area contributed by atoms with Gasteiger partial charge in [-0.3, -0.25) is 23.2 Å². The van der Waals surface area contributed by atoms with Gasteiger partial charge in [0, 0.05) is 5.92 Å². The molecule has 0 amide bonds. The van der Waals surface area contributed by atoms with Crippen molar-refractivity contribution in [2.24, 2.45) is 11.3 Å². The third-order valence-electron chi connectivity index (χ3n) is 9.87. The number of alkyl halides is 1. The van der Waals surface area contributed by atoms with E-state index in [1.165, 1.54) is 49.0 Å². The van der Waals surface area contributed by atoms with Crippen molar-refractivity contribution in [3.63, 3.8) is 0 Å². The van der Waals surface area contributed by atoms with E-state index in [4.69, 9.17) is 49.6 Å². The first-order valence-electron chi connectivity index (χ1n) is 18.7. The molecule has 0 radical (unpaired) electrons. The van der Waals surface area contributed by atoms with Crippen molar-refractivity contribution >= 4 is 56.0 Å². The highest BCUT2D eigenvalue weighted by molar-refractivity contribution is 7.52. The van der Waals surface area contributed by atoms with Gasteiger partial charge in [-0.2, -0.15) is 20.1 Å². The average Bonchev–Trinajstić information content (AvgIpc) is 3.34. The number of nitrogen functional groups attached to an aromatic ring is 1. The van der Waals surface area contributed by atoms with Gasteiger partial charge in [0.25, 0.3) is 0 Å². The second-order valence-electron chi connectivity index (χ2n) is 14.9. The van der Waals surface area contributed by atoms with Crippen LogP contribution >= 0.6 is 27.1 Å². The smallest absolute Gasteiger partial charge is 0.459 e. The van der Waals surface area contributed by atoms with Crippen molar-refractivity contribution in [1.82, 2.24) is 29.7 Å². The van der Waals surface area contributed by atoms with E-state index in [-0.39, 0.29) is 33.8 Å². The number of hydrogen-bond donors (Lipinski definition) is 3. The Balaban J connectivity index is 1.34. The summed E-state index contributed by atoms with van der Waals surface area (Å²) in [7, 11) is -8.99. The fourth-order valence-corrected chi connectivity index (χ4v) is 10.2. The van der Waals surface area contributed by atoms with Crippen molar-refractivity contribution < 1.29 is 55.4 Å². The van der Waals surface area contributed by atoms with Crippen molar-refractivity contribution in [2.45, 2.75) is 90.8 Å². The number of esters is 2. The lowest BCUT2D eigenvalue weighted by molar-refractivity contribution is -0.150. The Hall–Kier alpha value is -4.19. The molecule has 3 heterocycles. The predicted molar refractivity (Wildman–Crippen MR) is 213 cm³/mol. The molecule has 5 unspecified atom stereocenters. The van der Waals surface area contributed by atoms with Crippen LogP contribution in [-0.4, -0.2) is 80.7 Å². The summed E-state index contributed by atoms with van der Waals surface area (Å²) in [5, 5.41) is 5.03. The van der Waals surface area contributed by atoms with E-state index in [1.807, 2.05) is 0 Å². The van der Waals surface area contributed by atoms with Gasteiger partial charge in [0.1, 0.15) is 29.1 Å². The zero-order valence-electron chi connectivity index (χ0n) is 33.3. The van der Waals surface area contributed by atoms with Crippen LogP contribution in [0.15, 0.2) is 67.0 Å². The third-order valence-corrected chi connectivity index (χ3v) is 13.3. The normalized spacial score (nSPS) is 25.4. The molecule has 2 fully saturated rings. The number of nitrogens with two attached hydrogens (primary N) is 1. The number of aromatic nitrogens is 4. The van der Waals surface area contributed by atoms with Gasteiger partial charge in [-0.25, -0.2) is 18.5 Å². The molecule has 9 atom stereocenters. The van der Waals surface area contributed by atoms with E-state index in [9.17, 15) is 18.7 Å². The van der Waals surface area contributed by atoms with Crippen molar-refractivity contribution in [1.29, 1.82) is 0 Å². The average molecular weight is 882 g/mol. The summed E-state index contributed by atoms with van der Waals surface area (Å²) >= 11 is 6.12. The number of anilines is 1. The SMILES string of the molecule is CC(C)OC(=O)[C@H](C)NP(=O)(OC[C@H]1C2(C)O[C@H](n3cnc4c(N)nc(Cl)nc43)C(F)C12COP(=O)(N[C@@H](C)C(=O)OC(C)C)Oc1ccccc1)Oc1ccccc1. The maximum Gasteiger partial charge on any atom is 0.459 e. The molecule has 1 aliphatic carbocycles. The highest BCUT2D eigenvalue weighted by Gasteiger charge is 2.85. The Kier molecular flexibility index (Phi) is 13.1. The summed E-state index contributed by atoms with van der Waals surface area (Å²) in [6, 6.07) is 13.8. The van der Waals surface area contributed by atoms with Crippen LogP contribution in [0.4, 0.5) is 10.2 Å². The molecular weight excluding hydrogens is 835 g/mol. The molecule has 2 aliphatic rings. The lowest BCUT2D eigenvalue weighted by Gasteiger charge is -2.28. The van der Waals surface area contributed by atoms with E-state index in [0.717, 1.165) is 0 Å². The van der Waals surface area contributed by atoms with E-state index >= 15 is 4.39 Å². The fraction of sp³-hybridized carbons (Fsp3) is 0.486. The Morgan fingerprint density at radius 1 is 0.881 bits per heavy atom. The number of nitrogens with one attached hydrogen (secondary N) is 2. The van der Waals surface area contributed by atoms with Gasteiger partial charge in [-0.05, 0) is 84.3 Å². The zero-order chi connectivity index (χ0) is 42.9. The molecule has 0 bridgehead atoms. The van der Waals surface area contributed by atoms with Crippen LogP contribution in [0, 0.1) is 11.3 Å². The summed E-state index contributed by atoms with van der Waals surface area (Å²) < 4.78 is 88.8. The van der Waals surface area contributed by atoms with E-state index in [0.29, 0.717) is 0 Å². The molecule has 2 aromatic carbocycles. The molecule has 1 saturated carbocycles. The molecule has 4 aromatic rings. The molecule has 18 nitrogen and oxygen atoms in total. The topological polar surface area (TPSA) is 227 Å². The molecule has 6 rings (SSSR count). The number of para-hydroxylation sites is 2. The Bertz CT molecular complexity index is 2240. The summed E-state index contributed by atoms with van der Waals surface area (Å²) in [5.41, 5.74) is 3.05. The fourth-order valence-electron chi connectivity index (χ4n) is 6.97. The van der Waals surface area contributed by atoms with Gasteiger partial charge in [0.05, 0.1) is 42.8 Å². The van der Waals surface area contributed by atoms with Crippen molar-refractivity contribution in [3.05, 3.63) is 72.3 Å². The molecule has 320 valence electrons. The first-order valence-corrected chi connectivity index (χ1v) is 22.2. The highest BCUT2D eigenvalue weighted by Crippen LogP contribution is 2.75. The second-order valence-corrected chi connectivity index (χ2v) is 18.6. The first kappa shape index (κ1) is 44.4. The summed E-state index contributed by atoms with van der Waals surface area (Å²) in [6.07, 6.45) is -3.10. The molecule has 22 heteroatoms. The molecule has 2 aromatic heterocycles. The molecule has 59 heavy (non-hydrogen) atoms. The minimum Gasteiger partial charge on any atom is -0.462 e. The maximum absolute atomic E-state index is 17.6. The largest absolute Gasteiger partial charge is 0.462 e. The number of hydrogen-bond acceptors (Lipinski definition) is 15. The molecule has 1 aliphatic heterocycles. The maximum atomic E-state index is 17.6. The van der Waals surface area contributed by atoms with Gasteiger partial charge in [-0.15, -0.1) is 0 Å². The van der Waals surface area contributed by atoms with Crippen LogP contribution in [0.1, 0.15) is 54.7 Å². The number of halogens is 2. The van der Waals surface area contributed by atoms with Crippen LogP contribution in [0.5, 0.6) is 11.5 Å². The predicted octanol–water partition coefficient (Wildman–Crippen LogP) is 6.57. The lowest BCUT2D eigenvalue weighted by atomic mass is 9.96. The first-order chi connectivity index (χ1) is 27.8. The summed E-state index contributed by atoms with van der Waals surface area (Å²) in [6.45, 7) is 9.92. The van der Waals surface area contributed by atoms with Crippen molar-refractivity contribution in [2.75, 3.05) is 18.9 Å². The number of nitrogens with zero attached hydrogens (tertiary/aromatic N) is 4. The number of fused-ring (bicyclic) bond motifs is 2. The van der Waals surface area contributed by atoms with Gasteiger partial charge in [0.2, 0.25) is 5.28 Å². The summed E-state index contributed by atoms with van der Waals surface area (Å²) in [5.74, 6) is -2.21. The second kappa shape index (κ2) is 17.4. The Morgan fingerprint density at radius 3 is 1.90 bits per heavy atom. The van der Waals surface area contributed by atoms with E-state index in [2.05, 4.69) is 25.1 Å². The van der Waals surface area contributed by atoms with Gasteiger partial charge in [0.15, 0.2) is 23.9 Å². The lowest BCUT2D eigenvalue weighted by Crippen LogP contribution is -2.38. The number of ether oxygens (including phenoxy) is 3. The van der Waals surface area contributed by atoms with Crippen LogP contribution in [0.25, 0.3) is 11.2 Å². The van der Waals surface area contributed by atoms with Gasteiger partial charge >= 0.3 is 27.4 Å². The third kappa shape index (κ3) is 9.42. The minimum absolute atomic E-state index is 0.0452. The highest BCUT2D eigenvalue weighted by atomic mass is 35.5. The van der Waals surface area contributed by atoms with Crippen LogP contribution in [0.3, 0.4) is 0 Å². The monoisotopic (exact) mass is 881 g/mol. The molecular formula is C37H47ClFN7O11P2. The van der Waals surface area contributed by atoms with Crippen LogP contribution in [0.2, 0.25) is 5.28 Å². The number of imidazole rings is 1. The Labute approximate surface area is 345 Å². The summed E-state index contributed by atoms with van der Waals surface area (Å²) in [4.78, 5) is 38.0. The number of benzene rings is 2. The zero-order valence-corrected chi connectivity index (χ0v) is 35.9. The van der Waals surface area contributed by atoms with E-state index in [1.54, 1.807) is 71.0 Å². The number of carbonyl (C=O) groups excluding carboxylic acids is 2. The molecule has 0 spiro atoms. The van der Waals surface area contributed by atoms with Crippen LogP contribution < -0.4 is 25.0 Å². The molecule has 4 N–H and O–H groups in total. The van der Waals surface area contributed by atoms with Crippen LogP contribution in [-0.2, 0) is 42.0 Å².